The van der Waals surface area contributed by atoms with E-state index in [9.17, 15) is 4.79 Å². The van der Waals surface area contributed by atoms with Gasteiger partial charge in [-0.2, -0.15) is 0 Å². The molecule has 2 rings (SSSR count). The Bertz CT molecular complexity index is 406. The molecule has 1 N–H and O–H groups in total. The maximum atomic E-state index is 11.9. The van der Waals surface area contributed by atoms with Gasteiger partial charge < -0.3 is 10.0 Å². The van der Waals surface area contributed by atoms with Crippen LogP contribution in [0.25, 0.3) is 6.08 Å². The molecular formula is C17H25NO2. The van der Waals surface area contributed by atoms with Crippen LogP contribution in [-0.2, 0) is 4.79 Å². The van der Waals surface area contributed by atoms with Crippen molar-refractivity contribution in [3.8, 4) is 0 Å². The zero-order valence-corrected chi connectivity index (χ0v) is 12.5. The zero-order valence-electron chi connectivity index (χ0n) is 12.5. The number of aliphatic hydroxyl groups excluding tert-OH is 1. The SMILES string of the molecule is CC.O=C(/C=C/c1ccccc1)N1CCC(CO)CC1. The number of carbonyl (C=O) groups excluding carboxylic acids is 1. The predicted molar refractivity (Wildman–Crippen MR) is 83.2 cm³/mol. The average Bonchev–Trinajstić information content (AvgIpc) is 2.55. The van der Waals surface area contributed by atoms with E-state index in [0.717, 1.165) is 31.5 Å². The molecule has 1 amide bonds. The largest absolute Gasteiger partial charge is 0.396 e. The van der Waals surface area contributed by atoms with Gasteiger partial charge in [-0.25, -0.2) is 0 Å². The summed E-state index contributed by atoms with van der Waals surface area (Å²) in [4.78, 5) is 13.8. The summed E-state index contributed by atoms with van der Waals surface area (Å²) in [6, 6.07) is 9.82. The topological polar surface area (TPSA) is 40.5 Å². The van der Waals surface area contributed by atoms with Gasteiger partial charge in [-0.15, -0.1) is 0 Å². The van der Waals surface area contributed by atoms with E-state index < -0.39 is 0 Å². The molecule has 1 fully saturated rings. The molecule has 0 spiro atoms. The minimum Gasteiger partial charge on any atom is -0.396 e. The van der Waals surface area contributed by atoms with Gasteiger partial charge in [0.05, 0.1) is 0 Å². The molecule has 0 saturated carbocycles. The van der Waals surface area contributed by atoms with Crippen LogP contribution in [0.15, 0.2) is 36.4 Å². The second-order valence-electron chi connectivity index (χ2n) is 4.70. The van der Waals surface area contributed by atoms with Crippen LogP contribution >= 0.6 is 0 Å². The third kappa shape index (κ3) is 5.17. The predicted octanol–water partition coefficient (Wildman–Crippen LogP) is 2.96. The number of aliphatic hydroxyl groups is 1. The van der Waals surface area contributed by atoms with Crippen molar-refractivity contribution in [1.82, 2.24) is 4.90 Å². The molecule has 0 unspecified atom stereocenters. The van der Waals surface area contributed by atoms with Crippen molar-refractivity contribution >= 4 is 12.0 Å². The molecule has 1 aliphatic heterocycles. The number of carbonyl (C=O) groups is 1. The standard InChI is InChI=1S/C15H19NO2.C2H6/c17-12-14-8-10-16(11-9-14)15(18)7-6-13-4-2-1-3-5-13;1-2/h1-7,14,17H,8-12H2;1-2H3/b7-6+;. The van der Waals surface area contributed by atoms with Gasteiger partial charge >= 0.3 is 0 Å². The number of hydrogen-bond donors (Lipinski definition) is 1. The molecule has 0 aromatic heterocycles. The van der Waals surface area contributed by atoms with Gasteiger partial charge in [-0.3, -0.25) is 4.79 Å². The summed E-state index contributed by atoms with van der Waals surface area (Å²) >= 11 is 0. The van der Waals surface area contributed by atoms with Gasteiger partial charge in [-0.05, 0) is 30.4 Å². The summed E-state index contributed by atoms with van der Waals surface area (Å²) in [7, 11) is 0. The molecule has 0 aliphatic carbocycles. The highest BCUT2D eigenvalue weighted by molar-refractivity contribution is 5.91. The first kappa shape index (κ1) is 16.4. The van der Waals surface area contributed by atoms with Crippen LogP contribution in [-0.4, -0.2) is 35.6 Å². The van der Waals surface area contributed by atoms with Crippen LogP contribution in [0.4, 0.5) is 0 Å². The van der Waals surface area contributed by atoms with Gasteiger partial charge in [0.25, 0.3) is 0 Å². The van der Waals surface area contributed by atoms with Gasteiger partial charge in [0.15, 0.2) is 0 Å². The van der Waals surface area contributed by atoms with E-state index in [1.807, 2.05) is 55.2 Å². The van der Waals surface area contributed by atoms with Crippen molar-refractivity contribution in [3.05, 3.63) is 42.0 Å². The summed E-state index contributed by atoms with van der Waals surface area (Å²) in [6.07, 6.45) is 5.29. The monoisotopic (exact) mass is 275 g/mol. The molecule has 1 heterocycles. The highest BCUT2D eigenvalue weighted by Crippen LogP contribution is 2.16. The fraction of sp³-hybridized carbons (Fsp3) is 0.471. The number of benzene rings is 1. The Morgan fingerprint density at radius 1 is 1.25 bits per heavy atom. The third-order valence-corrected chi connectivity index (χ3v) is 3.40. The highest BCUT2D eigenvalue weighted by Gasteiger charge is 2.20. The molecule has 0 atom stereocenters. The zero-order chi connectivity index (χ0) is 14.8. The van der Waals surface area contributed by atoms with Crippen LogP contribution in [0.2, 0.25) is 0 Å². The Hall–Kier alpha value is -1.61. The smallest absolute Gasteiger partial charge is 0.246 e. The van der Waals surface area contributed by atoms with Crippen molar-refractivity contribution in [1.29, 1.82) is 0 Å². The van der Waals surface area contributed by atoms with E-state index in [1.54, 1.807) is 6.08 Å². The van der Waals surface area contributed by atoms with E-state index in [-0.39, 0.29) is 12.5 Å². The first-order chi connectivity index (χ1) is 9.79. The molecular weight excluding hydrogens is 250 g/mol. The summed E-state index contributed by atoms with van der Waals surface area (Å²) in [6.45, 7) is 5.74. The van der Waals surface area contributed by atoms with Crippen LogP contribution in [0, 0.1) is 5.92 Å². The van der Waals surface area contributed by atoms with Gasteiger partial charge in [-0.1, -0.05) is 44.2 Å². The Morgan fingerprint density at radius 3 is 2.40 bits per heavy atom. The van der Waals surface area contributed by atoms with Crippen LogP contribution in [0.1, 0.15) is 32.3 Å². The van der Waals surface area contributed by atoms with Crippen molar-refractivity contribution in [2.75, 3.05) is 19.7 Å². The number of piperidine rings is 1. The fourth-order valence-electron chi connectivity index (χ4n) is 2.17. The second-order valence-corrected chi connectivity index (χ2v) is 4.70. The molecule has 0 radical (unpaired) electrons. The molecule has 3 heteroatoms. The van der Waals surface area contributed by atoms with Crippen molar-refractivity contribution in [2.24, 2.45) is 5.92 Å². The Kier molecular flexibility index (Phi) is 7.66. The molecule has 1 saturated heterocycles. The lowest BCUT2D eigenvalue weighted by Gasteiger charge is -2.30. The molecule has 20 heavy (non-hydrogen) atoms. The Morgan fingerprint density at radius 2 is 1.85 bits per heavy atom. The van der Waals surface area contributed by atoms with Gasteiger partial charge in [0.1, 0.15) is 0 Å². The summed E-state index contributed by atoms with van der Waals surface area (Å²) < 4.78 is 0. The van der Waals surface area contributed by atoms with Crippen molar-refractivity contribution in [3.63, 3.8) is 0 Å². The number of amides is 1. The Labute approximate surface area is 121 Å². The third-order valence-electron chi connectivity index (χ3n) is 3.40. The van der Waals surface area contributed by atoms with Gasteiger partial charge in [0.2, 0.25) is 5.91 Å². The van der Waals surface area contributed by atoms with Crippen molar-refractivity contribution < 1.29 is 9.90 Å². The lowest BCUT2D eigenvalue weighted by atomic mass is 9.98. The maximum Gasteiger partial charge on any atom is 0.246 e. The lowest BCUT2D eigenvalue weighted by Crippen LogP contribution is -2.38. The summed E-state index contributed by atoms with van der Waals surface area (Å²) in [5.41, 5.74) is 1.04. The fourth-order valence-corrected chi connectivity index (χ4v) is 2.17. The summed E-state index contributed by atoms with van der Waals surface area (Å²) in [5.74, 6) is 0.433. The van der Waals surface area contributed by atoms with E-state index in [0.29, 0.717) is 5.92 Å². The number of likely N-dealkylation sites (tertiary alicyclic amines) is 1. The van der Waals surface area contributed by atoms with Crippen LogP contribution < -0.4 is 0 Å². The molecule has 1 aromatic rings. The van der Waals surface area contributed by atoms with Gasteiger partial charge in [0, 0.05) is 25.8 Å². The normalized spacial score (nSPS) is 15.8. The second kappa shape index (κ2) is 9.32. The van der Waals surface area contributed by atoms with Crippen LogP contribution in [0.5, 0.6) is 0 Å². The molecule has 3 nitrogen and oxygen atoms in total. The molecule has 1 aliphatic rings. The Balaban J connectivity index is 0.000000956. The van der Waals surface area contributed by atoms with E-state index in [1.165, 1.54) is 0 Å². The number of hydrogen-bond acceptors (Lipinski definition) is 2. The van der Waals surface area contributed by atoms with E-state index in [4.69, 9.17) is 5.11 Å². The van der Waals surface area contributed by atoms with Crippen LogP contribution in [0.3, 0.4) is 0 Å². The first-order valence-electron chi connectivity index (χ1n) is 7.42. The average molecular weight is 275 g/mol. The molecule has 110 valence electrons. The lowest BCUT2D eigenvalue weighted by molar-refractivity contribution is -0.127. The minimum absolute atomic E-state index is 0.0650. The first-order valence-corrected chi connectivity index (χ1v) is 7.42. The maximum absolute atomic E-state index is 11.9. The quantitative estimate of drug-likeness (QED) is 0.862. The summed E-state index contributed by atoms with van der Waals surface area (Å²) in [5, 5.41) is 9.05. The van der Waals surface area contributed by atoms with E-state index in [2.05, 4.69) is 0 Å². The minimum atomic E-state index is 0.0650. The van der Waals surface area contributed by atoms with Crippen molar-refractivity contribution in [2.45, 2.75) is 26.7 Å². The highest BCUT2D eigenvalue weighted by atomic mass is 16.3. The molecule has 0 bridgehead atoms. The number of nitrogens with zero attached hydrogens (tertiary/aromatic N) is 1. The number of rotatable bonds is 3. The molecule has 1 aromatic carbocycles. The van der Waals surface area contributed by atoms with E-state index >= 15 is 0 Å².